The van der Waals surface area contributed by atoms with Crippen LogP contribution in [-0.4, -0.2) is 23.3 Å². The summed E-state index contributed by atoms with van der Waals surface area (Å²) in [4.78, 5) is 10.7. The van der Waals surface area contributed by atoms with E-state index in [0.717, 1.165) is 25.7 Å². The molecule has 2 saturated heterocycles. The van der Waals surface area contributed by atoms with Gasteiger partial charge < -0.3 is 9.84 Å². The third-order valence-electron chi connectivity index (χ3n) is 2.88. The van der Waals surface area contributed by atoms with E-state index in [4.69, 9.17) is 9.84 Å². The van der Waals surface area contributed by atoms with Gasteiger partial charge in [-0.15, -0.1) is 0 Å². The molecule has 2 fully saturated rings. The van der Waals surface area contributed by atoms with Crippen LogP contribution in [-0.2, 0) is 9.53 Å². The van der Waals surface area contributed by atoms with Crippen molar-refractivity contribution in [2.75, 3.05) is 0 Å². The summed E-state index contributed by atoms with van der Waals surface area (Å²) >= 11 is 0. The highest BCUT2D eigenvalue weighted by atomic mass is 16.5. The number of carboxylic acids is 1. The molecule has 0 aromatic carbocycles. The summed E-state index contributed by atoms with van der Waals surface area (Å²) < 4.78 is 5.64. The van der Waals surface area contributed by atoms with E-state index in [1.54, 1.807) is 0 Å². The maximum absolute atomic E-state index is 10.7. The van der Waals surface area contributed by atoms with Gasteiger partial charge in [0.2, 0.25) is 0 Å². The van der Waals surface area contributed by atoms with Gasteiger partial charge in [-0.05, 0) is 32.1 Å². The Morgan fingerprint density at radius 1 is 1.25 bits per heavy atom. The first-order valence-corrected chi connectivity index (χ1v) is 4.64. The van der Waals surface area contributed by atoms with Gasteiger partial charge in [-0.3, -0.25) is 4.79 Å². The molecule has 2 heterocycles. The average Bonchev–Trinajstić information content (AvgIpc) is 2.03. The number of hydrogen-bond donors (Lipinski definition) is 1. The molecule has 1 N–H and O–H groups in total. The van der Waals surface area contributed by atoms with Crippen LogP contribution in [0.25, 0.3) is 0 Å². The number of rotatable bonds is 1. The molecule has 2 aliphatic rings. The number of hydrogen-bond acceptors (Lipinski definition) is 2. The van der Waals surface area contributed by atoms with Gasteiger partial charge in [0, 0.05) is 0 Å². The molecule has 0 radical (unpaired) electrons. The van der Waals surface area contributed by atoms with Gasteiger partial charge in [-0.1, -0.05) is 0 Å². The van der Waals surface area contributed by atoms with Gasteiger partial charge >= 0.3 is 5.97 Å². The highest BCUT2D eigenvalue weighted by Crippen LogP contribution is 2.34. The maximum atomic E-state index is 10.7. The van der Waals surface area contributed by atoms with E-state index in [-0.39, 0.29) is 18.1 Å². The SMILES string of the molecule is O=C(O)C1C[C@H]2CCC[C@H](C1)O2. The minimum absolute atomic E-state index is 0.144. The first-order valence-electron chi connectivity index (χ1n) is 4.64. The second kappa shape index (κ2) is 3.05. The topological polar surface area (TPSA) is 46.5 Å². The molecular weight excluding hydrogens is 156 g/mol. The van der Waals surface area contributed by atoms with Crippen molar-refractivity contribution in [3.05, 3.63) is 0 Å². The first-order chi connectivity index (χ1) is 5.75. The molecule has 2 bridgehead atoms. The van der Waals surface area contributed by atoms with Gasteiger partial charge in [0.1, 0.15) is 0 Å². The van der Waals surface area contributed by atoms with Crippen LogP contribution in [0, 0.1) is 5.92 Å². The van der Waals surface area contributed by atoms with Crippen LogP contribution < -0.4 is 0 Å². The zero-order valence-electron chi connectivity index (χ0n) is 7.03. The van der Waals surface area contributed by atoms with Crippen molar-refractivity contribution in [3.63, 3.8) is 0 Å². The van der Waals surface area contributed by atoms with Crippen molar-refractivity contribution in [1.29, 1.82) is 0 Å². The van der Waals surface area contributed by atoms with Crippen LogP contribution in [0.4, 0.5) is 0 Å². The van der Waals surface area contributed by atoms with Gasteiger partial charge in [0.15, 0.2) is 0 Å². The van der Waals surface area contributed by atoms with Crippen molar-refractivity contribution >= 4 is 5.97 Å². The average molecular weight is 170 g/mol. The molecule has 12 heavy (non-hydrogen) atoms. The second-order valence-corrected chi connectivity index (χ2v) is 3.82. The van der Waals surface area contributed by atoms with Gasteiger partial charge in [0.05, 0.1) is 18.1 Å². The monoisotopic (exact) mass is 170 g/mol. The fourth-order valence-corrected chi connectivity index (χ4v) is 2.26. The molecule has 0 unspecified atom stereocenters. The summed E-state index contributed by atoms with van der Waals surface area (Å²) in [7, 11) is 0. The van der Waals surface area contributed by atoms with Crippen molar-refractivity contribution in [3.8, 4) is 0 Å². The molecule has 0 amide bonds. The molecule has 0 aliphatic carbocycles. The Morgan fingerprint density at radius 3 is 2.33 bits per heavy atom. The highest BCUT2D eigenvalue weighted by molar-refractivity contribution is 5.70. The lowest BCUT2D eigenvalue weighted by molar-refractivity contribution is -0.155. The van der Waals surface area contributed by atoms with Crippen LogP contribution in [0.15, 0.2) is 0 Å². The summed E-state index contributed by atoms with van der Waals surface area (Å²) in [6.45, 7) is 0. The summed E-state index contributed by atoms with van der Waals surface area (Å²) in [5.74, 6) is -0.788. The van der Waals surface area contributed by atoms with E-state index >= 15 is 0 Å². The van der Waals surface area contributed by atoms with E-state index in [9.17, 15) is 4.79 Å². The van der Waals surface area contributed by atoms with Crippen LogP contribution in [0.1, 0.15) is 32.1 Å². The normalized spacial score (nSPS) is 40.8. The Balaban J connectivity index is 2.00. The number of carboxylic acid groups (broad SMARTS) is 1. The largest absolute Gasteiger partial charge is 0.481 e. The summed E-state index contributed by atoms with van der Waals surface area (Å²) in [6, 6.07) is 0. The molecule has 0 aromatic heterocycles. The molecule has 0 aromatic rings. The Morgan fingerprint density at radius 2 is 1.83 bits per heavy atom. The molecule has 0 spiro atoms. The van der Waals surface area contributed by atoms with Gasteiger partial charge in [0.25, 0.3) is 0 Å². The fourth-order valence-electron chi connectivity index (χ4n) is 2.26. The van der Waals surface area contributed by atoms with Crippen molar-refractivity contribution < 1.29 is 14.6 Å². The maximum Gasteiger partial charge on any atom is 0.306 e. The molecule has 2 aliphatic heterocycles. The van der Waals surface area contributed by atoms with Crippen LogP contribution in [0.2, 0.25) is 0 Å². The number of carbonyl (C=O) groups is 1. The molecule has 2 atom stereocenters. The van der Waals surface area contributed by atoms with Crippen LogP contribution in [0.3, 0.4) is 0 Å². The Bertz CT molecular complexity index is 178. The molecule has 68 valence electrons. The zero-order valence-corrected chi connectivity index (χ0v) is 7.03. The Labute approximate surface area is 71.7 Å². The Hall–Kier alpha value is -0.570. The fraction of sp³-hybridized carbons (Fsp3) is 0.889. The minimum atomic E-state index is -0.643. The third-order valence-corrected chi connectivity index (χ3v) is 2.88. The smallest absolute Gasteiger partial charge is 0.306 e. The summed E-state index contributed by atoms with van der Waals surface area (Å²) in [5, 5.41) is 8.84. The molecule has 2 rings (SSSR count). The standard InChI is InChI=1S/C9H14O3/c10-9(11)6-4-7-2-1-3-8(5-6)12-7/h6-8H,1-5H2,(H,10,11)/t7-,8-/m1/s1. The van der Waals surface area contributed by atoms with E-state index in [2.05, 4.69) is 0 Å². The lowest BCUT2D eigenvalue weighted by Crippen LogP contribution is -2.39. The van der Waals surface area contributed by atoms with Crippen molar-refractivity contribution in [2.24, 2.45) is 5.92 Å². The Kier molecular flexibility index (Phi) is 2.05. The third kappa shape index (κ3) is 1.46. The predicted molar refractivity (Wildman–Crippen MR) is 42.9 cm³/mol. The first kappa shape index (κ1) is 8.05. The van der Waals surface area contributed by atoms with Gasteiger partial charge in [-0.2, -0.15) is 0 Å². The number of aliphatic carboxylic acids is 1. The van der Waals surface area contributed by atoms with Crippen molar-refractivity contribution in [2.45, 2.75) is 44.3 Å². The minimum Gasteiger partial charge on any atom is -0.481 e. The summed E-state index contributed by atoms with van der Waals surface area (Å²) in [5.41, 5.74) is 0. The van der Waals surface area contributed by atoms with E-state index in [1.165, 1.54) is 6.42 Å². The van der Waals surface area contributed by atoms with Crippen molar-refractivity contribution in [1.82, 2.24) is 0 Å². The number of fused-ring (bicyclic) bond motifs is 2. The van der Waals surface area contributed by atoms with E-state index in [1.807, 2.05) is 0 Å². The van der Waals surface area contributed by atoms with Gasteiger partial charge in [-0.25, -0.2) is 0 Å². The molecule has 3 nitrogen and oxygen atoms in total. The number of ether oxygens (including phenoxy) is 1. The van der Waals surface area contributed by atoms with Crippen LogP contribution >= 0.6 is 0 Å². The quantitative estimate of drug-likeness (QED) is 0.647. The highest BCUT2D eigenvalue weighted by Gasteiger charge is 2.35. The lowest BCUT2D eigenvalue weighted by atomic mass is 9.84. The van der Waals surface area contributed by atoms with E-state index < -0.39 is 5.97 Å². The lowest BCUT2D eigenvalue weighted by Gasteiger charge is -2.37. The molecular formula is C9H14O3. The predicted octanol–water partition coefficient (Wildman–Crippen LogP) is 1.42. The zero-order chi connectivity index (χ0) is 8.55. The molecule has 0 saturated carbocycles. The van der Waals surface area contributed by atoms with Crippen LogP contribution in [0.5, 0.6) is 0 Å². The van der Waals surface area contributed by atoms with E-state index in [0.29, 0.717) is 0 Å². The molecule has 3 heteroatoms. The second-order valence-electron chi connectivity index (χ2n) is 3.82. The summed E-state index contributed by atoms with van der Waals surface area (Å²) in [6.07, 6.45) is 5.25.